The van der Waals surface area contributed by atoms with E-state index in [-0.39, 0.29) is 0 Å². The molecule has 0 saturated carbocycles. The van der Waals surface area contributed by atoms with Crippen molar-refractivity contribution in [2.24, 2.45) is 0 Å². The molecule has 2 aromatic carbocycles. The third-order valence-electron chi connectivity index (χ3n) is 3.97. The fourth-order valence-corrected chi connectivity index (χ4v) is 2.71. The molecule has 1 N–H and O–H groups in total. The van der Waals surface area contributed by atoms with Gasteiger partial charge in [-0.1, -0.05) is 49.7 Å². The Kier molecular flexibility index (Phi) is 5.67. The van der Waals surface area contributed by atoms with Crippen LogP contribution in [0.5, 0.6) is 5.75 Å². The number of hydrogen-bond donors (Lipinski definition) is 1. The summed E-state index contributed by atoms with van der Waals surface area (Å²) in [6.07, 6.45) is 0.376. The number of rotatable bonds is 6. The lowest BCUT2D eigenvalue weighted by atomic mass is 9.90. The maximum absolute atomic E-state index is 11.7. The Morgan fingerprint density at radius 2 is 1.74 bits per heavy atom. The lowest BCUT2D eigenvalue weighted by molar-refractivity contribution is -0.138. The summed E-state index contributed by atoms with van der Waals surface area (Å²) in [6.45, 7) is 4.22. The predicted molar refractivity (Wildman–Crippen MR) is 92.6 cm³/mol. The lowest BCUT2D eigenvalue weighted by Crippen LogP contribution is -2.15. The van der Waals surface area contributed by atoms with E-state index in [4.69, 9.17) is 16.3 Å². The van der Waals surface area contributed by atoms with Crippen LogP contribution in [0, 0.1) is 0 Å². The topological polar surface area (TPSA) is 46.5 Å². The van der Waals surface area contributed by atoms with Gasteiger partial charge in [0.15, 0.2) is 0 Å². The first-order valence-electron chi connectivity index (χ1n) is 7.57. The number of ether oxygens (including phenoxy) is 1. The molecule has 2 rings (SSSR count). The number of aliphatic carboxylic acids is 1. The van der Waals surface area contributed by atoms with E-state index in [0.29, 0.717) is 17.4 Å². The van der Waals surface area contributed by atoms with Gasteiger partial charge in [-0.3, -0.25) is 4.79 Å². The van der Waals surface area contributed by atoms with Crippen LogP contribution in [0.15, 0.2) is 42.5 Å². The summed E-state index contributed by atoms with van der Waals surface area (Å²) in [4.78, 5) is 11.7. The Balaban J connectivity index is 2.38. The van der Waals surface area contributed by atoms with E-state index in [9.17, 15) is 9.90 Å². The molecule has 0 spiro atoms. The van der Waals surface area contributed by atoms with Crippen molar-refractivity contribution in [2.45, 2.75) is 32.1 Å². The van der Waals surface area contributed by atoms with E-state index >= 15 is 0 Å². The zero-order valence-electron chi connectivity index (χ0n) is 13.5. The van der Waals surface area contributed by atoms with Crippen LogP contribution >= 0.6 is 11.6 Å². The molecule has 0 fully saturated rings. The van der Waals surface area contributed by atoms with Crippen LogP contribution in [0.1, 0.15) is 42.4 Å². The van der Waals surface area contributed by atoms with Crippen LogP contribution in [0.25, 0.3) is 0 Å². The Morgan fingerprint density at radius 1 is 1.13 bits per heavy atom. The normalized spacial score (nSPS) is 12.2. The minimum atomic E-state index is -0.857. The second-order valence-electron chi connectivity index (χ2n) is 5.87. The molecule has 1 atom stereocenters. The molecule has 0 bridgehead atoms. The number of hydrogen-bond acceptors (Lipinski definition) is 2. The first-order valence-corrected chi connectivity index (χ1v) is 7.95. The van der Waals surface area contributed by atoms with Gasteiger partial charge in [-0.15, -0.1) is 0 Å². The molecule has 0 aliphatic heterocycles. The van der Waals surface area contributed by atoms with Gasteiger partial charge in [0.2, 0.25) is 0 Å². The summed E-state index contributed by atoms with van der Waals surface area (Å²) < 4.78 is 5.40. The summed E-state index contributed by atoms with van der Waals surface area (Å²) in [5, 5.41) is 10.2. The molecule has 0 aromatic heterocycles. The summed E-state index contributed by atoms with van der Waals surface area (Å²) in [7, 11) is 1.60. The molecule has 4 heteroatoms. The van der Waals surface area contributed by atoms with Crippen molar-refractivity contribution in [3.8, 4) is 5.75 Å². The summed E-state index contributed by atoms with van der Waals surface area (Å²) >= 11 is 5.89. The van der Waals surface area contributed by atoms with Crippen molar-refractivity contribution in [3.05, 3.63) is 64.2 Å². The third kappa shape index (κ3) is 4.26. The standard InChI is InChI=1S/C19H21ClO3/c1-12(2)14-6-9-18(23-3)15(10-14)11-17(19(21)22)13-4-7-16(20)8-5-13/h4-10,12,17H,11H2,1-3H3,(H,21,22). The zero-order valence-corrected chi connectivity index (χ0v) is 14.3. The van der Waals surface area contributed by atoms with Crippen LogP contribution in [-0.4, -0.2) is 18.2 Å². The SMILES string of the molecule is COc1ccc(C(C)C)cc1CC(C(=O)O)c1ccc(Cl)cc1. The average molecular weight is 333 g/mol. The van der Waals surface area contributed by atoms with Crippen molar-refractivity contribution < 1.29 is 14.6 Å². The monoisotopic (exact) mass is 332 g/mol. The third-order valence-corrected chi connectivity index (χ3v) is 4.22. The molecule has 0 aliphatic carbocycles. The molecule has 0 saturated heterocycles. The second-order valence-corrected chi connectivity index (χ2v) is 6.31. The van der Waals surface area contributed by atoms with Crippen LogP contribution in [0.4, 0.5) is 0 Å². The van der Waals surface area contributed by atoms with Gasteiger partial charge < -0.3 is 9.84 Å². The lowest BCUT2D eigenvalue weighted by Gasteiger charge is -2.17. The van der Waals surface area contributed by atoms with Gasteiger partial charge in [-0.05, 0) is 47.2 Å². The van der Waals surface area contributed by atoms with Gasteiger partial charge in [0.25, 0.3) is 0 Å². The highest BCUT2D eigenvalue weighted by molar-refractivity contribution is 6.30. The Hall–Kier alpha value is -2.00. The van der Waals surface area contributed by atoms with Gasteiger partial charge in [-0.2, -0.15) is 0 Å². The quantitative estimate of drug-likeness (QED) is 0.819. The fraction of sp³-hybridized carbons (Fsp3) is 0.316. The van der Waals surface area contributed by atoms with Crippen molar-refractivity contribution >= 4 is 17.6 Å². The first kappa shape index (κ1) is 17.4. The van der Waals surface area contributed by atoms with Crippen molar-refractivity contribution in [2.75, 3.05) is 7.11 Å². The van der Waals surface area contributed by atoms with Crippen LogP contribution in [0.3, 0.4) is 0 Å². The molecule has 0 aliphatic rings. The molecule has 1 unspecified atom stereocenters. The van der Waals surface area contributed by atoms with E-state index in [1.165, 1.54) is 5.56 Å². The van der Waals surface area contributed by atoms with E-state index in [2.05, 4.69) is 13.8 Å². The Bertz CT molecular complexity index is 678. The molecule has 0 heterocycles. The summed E-state index contributed by atoms with van der Waals surface area (Å²) in [5.41, 5.74) is 2.81. The van der Waals surface area contributed by atoms with Crippen molar-refractivity contribution in [3.63, 3.8) is 0 Å². The molecule has 0 radical (unpaired) electrons. The smallest absolute Gasteiger partial charge is 0.311 e. The number of carboxylic acids is 1. The minimum Gasteiger partial charge on any atom is -0.496 e. The van der Waals surface area contributed by atoms with Gasteiger partial charge in [-0.25, -0.2) is 0 Å². The van der Waals surface area contributed by atoms with Crippen LogP contribution < -0.4 is 4.74 Å². The second kappa shape index (κ2) is 7.51. The number of methoxy groups -OCH3 is 1. The Morgan fingerprint density at radius 3 is 2.26 bits per heavy atom. The zero-order chi connectivity index (χ0) is 17.0. The maximum atomic E-state index is 11.7. The first-order chi connectivity index (χ1) is 10.9. The van der Waals surface area contributed by atoms with Gasteiger partial charge in [0.1, 0.15) is 5.75 Å². The maximum Gasteiger partial charge on any atom is 0.311 e. The van der Waals surface area contributed by atoms with Gasteiger partial charge in [0.05, 0.1) is 13.0 Å². The minimum absolute atomic E-state index is 0.374. The Labute approximate surface area is 141 Å². The van der Waals surface area contributed by atoms with Crippen LogP contribution in [-0.2, 0) is 11.2 Å². The molecular weight excluding hydrogens is 312 g/mol. The average Bonchev–Trinajstić information content (AvgIpc) is 2.53. The number of benzene rings is 2. The highest BCUT2D eigenvalue weighted by Gasteiger charge is 2.22. The molecule has 122 valence electrons. The highest BCUT2D eigenvalue weighted by atomic mass is 35.5. The van der Waals surface area contributed by atoms with Gasteiger partial charge in [0, 0.05) is 5.02 Å². The predicted octanol–water partition coefficient (Wildman–Crippen LogP) is 4.88. The fourth-order valence-electron chi connectivity index (χ4n) is 2.58. The van der Waals surface area contributed by atoms with Crippen molar-refractivity contribution in [1.29, 1.82) is 0 Å². The number of carbonyl (C=O) groups is 1. The van der Waals surface area contributed by atoms with E-state index in [1.54, 1.807) is 31.4 Å². The molecular formula is C19H21ClO3. The number of halogens is 1. The summed E-state index contributed by atoms with van der Waals surface area (Å²) in [6, 6.07) is 12.9. The van der Waals surface area contributed by atoms with E-state index in [0.717, 1.165) is 16.9 Å². The highest BCUT2D eigenvalue weighted by Crippen LogP contribution is 2.30. The molecule has 0 amide bonds. The van der Waals surface area contributed by atoms with E-state index in [1.807, 2.05) is 18.2 Å². The molecule has 2 aromatic rings. The molecule has 23 heavy (non-hydrogen) atoms. The molecule has 3 nitrogen and oxygen atoms in total. The van der Waals surface area contributed by atoms with Gasteiger partial charge >= 0.3 is 5.97 Å². The van der Waals surface area contributed by atoms with Crippen molar-refractivity contribution in [1.82, 2.24) is 0 Å². The summed E-state index contributed by atoms with van der Waals surface area (Å²) in [5.74, 6) is -0.402. The number of carboxylic acid groups (broad SMARTS) is 1. The van der Waals surface area contributed by atoms with E-state index < -0.39 is 11.9 Å². The van der Waals surface area contributed by atoms with Crippen LogP contribution in [0.2, 0.25) is 5.02 Å². The largest absolute Gasteiger partial charge is 0.496 e.